The number of ether oxygens (including phenoxy) is 1. The lowest BCUT2D eigenvalue weighted by molar-refractivity contribution is 0.0309. The second-order valence-corrected chi connectivity index (χ2v) is 7.87. The molecule has 0 spiro atoms. The molecule has 0 bridgehead atoms. The molecule has 0 unspecified atom stereocenters. The molecule has 0 radical (unpaired) electrons. The standard InChI is InChI=1S/C17H20BrNO4S/c1-13-6-8-14(9-7-13)16(23-11-10-20)12-19-24(21,22)17-5-3-2-4-15(17)18/h2-9,16,19-20H,10-12H2,1H3/t16-/m1/s1. The molecule has 1 atom stereocenters. The lowest BCUT2D eigenvalue weighted by Crippen LogP contribution is -2.30. The largest absolute Gasteiger partial charge is 0.394 e. The number of aliphatic hydroxyl groups is 1. The Bertz CT molecular complexity index is 762. The number of aryl methyl sites for hydroxylation is 1. The summed E-state index contributed by atoms with van der Waals surface area (Å²) in [5.74, 6) is 0. The van der Waals surface area contributed by atoms with E-state index in [9.17, 15) is 8.42 Å². The van der Waals surface area contributed by atoms with Gasteiger partial charge in [-0.05, 0) is 40.5 Å². The third-order valence-corrected chi connectivity index (χ3v) is 5.88. The summed E-state index contributed by atoms with van der Waals surface area (Å²) < 4.78 is 33.6. The molecule has 0 saturated carbocycles. The molecule has 24 heavy (non-hydrogen) atoms. The fraction of sp³-hybridized carbons (Fsp3) is 0.294. The molecule has 5 nitrogen and oxygen atoms in total. The van der Waals surface area contributed by atoms with Crippen LogP contribution in [-0.2, 0) is 14.8 Å². The van der Waals surface area contributed by atoms with Crippen LogP contribution in [0.4, 0.5) is 0 Å². The van der Waals surface area contributed by atoms with Gasteiger partial charge in [-0.2, -0.15) is 0 Å². The van der Waals surface area contributed by atoms with Crippen molar-refractivity contribution in [2.24, 2.45) is 0 Å². The van der Waals surface area contributed by atoms with Gasteiger partial charge in [-0.15, -0.1) is 0 Å². The van der Waals surface area contributed by atoms with Crippen LogP contribution in [0.25, 0.3) is 0 Å². The molecule has 0 aliphatic heterocycles. The van der Waals surface area contributed by atoms with Crippen molar-refractivity contribution in [2.75, 3.05) is 19.8 Å². The fourth-order valence-corrected chi connectivity index (χ4v) is 4.21. The van der Waals surface area contributed by atoms with Crippen molar-refractivity contribution in [3.05, 3.63) is 64.1 Å². The molecule has 2 aromatic carbocycles. The van der Waals surface area contributed by atoms with Crippen molar-refractivity contribution in [3.8, 4) is 0 Å². The molecule has 7 heteroatoms. The van der Waals surface area contributed by atoms with Crippen molar-refractivity contribution < 1.29 is 18.3 Å². The molecule has 0 amide bonds. The Morgan fingerprint density at radius 2 is 1.83 bits per heavy atom. The average molecular weight is 414 g/mol. The van der Waals surface area contributed by atoms with E-state index in [0.717, 1.165) is 11.1 Å². The summed E-state index contributed by atoms with van der Waals surface area (Å²) in [6, 6.07) is 14.3. The topological polar surface area (TPSA) is 75.6 Å². The maximum absolute atomic E-state index is 12.5. The van der Waals surface area contributed by atoms with Crippen molar-refractivity contribution in [3.63, 3.8) is 0 Å². The summed E-state index contributed by atoms with van der Waals surface area (Å²) >= 11 is 3.25. The van der Waals surface area contributed by atoms with Crippen LogP contribution in [0.15, 0.2) is 57.9 Å². The lowest BCUT2D eigenvalue weighted by atomic mass is 10.1. The van der Waals surface area contributed by atoms with Gasteiger partial charge in [0.25, 0.3) is 0 Å². The van der Waals surface area contributed by atoms with Crippen LogP contribution in [0.3, 0.4) is 0 Å². The van der Waals surface area contributed by atoms with E-state index in [1.165, 1.54) is 6.07 Å². The van der Waals surface area contributed by atoms with Gasteiger partial charge in [-0.25, -0.2) is 13.1 Å². The predicted octanol–water partition coefficient (Wildman–Crippen LogP) is 2.79. The van der Waals surface area contributed by atoms with Crippen molar-refractivity contribution in [2.45, 2.75) is 17.9 Å². The van der Waals surface area contributed by atoms with Crippen molar-refractivity contribution >= 4 is 26.0 Å². The molecule has 0 aliphatic rings. The smallest absolute Gasteiger partial charge is 0.241 e. The number of aliphatic hydroxyl groups excluding tert-OH is 1. The number of halogens is 1. The maximum Gasteiger partial charge on any atom is 0.241 e. The Labute approximate surface area is 150 Å². The quantitative estimate of drug-likeness (QED) is 0.697. The Kier molecular flexibility index (Phi) is 6.94. The van der Waals surface area contributed by atoms with Gasteiger partial charge in [0.2, 0.25) is 10.0 Å². The van der Waals surface area contributed by atoms with Gasteiger partial charge in [-0.1, -0.05) is 42.0 Å². The van der Waals surface area contributed by atoms with Gasteiger partial charge in [0, 0.05) is 11.0 Å². The van der Waals surface area contributed by atoms with Gasteiger partial charge < -0.3 is 9.84 Å². The summed E-state index contributed by atoms with van der Waals surface area (Å²) in [4.78, 5) is 0.176. The van der Waals surface area contributed by atoms with E-state index in [2.05, 4.69) is 20.7 Å². The van der Waals surface area contributed by atoms with Crippen molar-refractivity contribution in [1.29, 1.82) is 0 Å². The Morgan fingerprint density at radius 1 is 1.17 bits per heavy atom. The zero-order valence-electron chi connectivity index (χ0n) is 13.3. The van der Waals surface area contributed by atoms with Crippen molar-refractivity contribution in [1.82, 2.24) is 4.72 Å². The van der Waals surface area contributed by atoms with E-state index in [0.29, 0.717) is 4.47 Å². The first kappa shape index (κ1) is 19.1. The summed E-state index contributed by atoms with van der Waals surface area (Å²) in [6.07, 6.45) is -0.477. The van der Waals surface area contributed by atoms with Gasteiger partial charge >= 0.3 is 0 Å². The highest BCUT2D eigenvalue weighted by molar-refractivity contribution is 9.10. The zero-order valence-corrected chi connectivity index (χ0v) is 15.7. The maximum atomic E-state index is 12.5. The highest BCUT2D eigenvalue weighted by Gasteiger charge is 2.20. The Hall–Kier alpha value is -1.25. The Morgan fingerprint density at radius 3 is 2.46 bits per heavy atom. The predicted molar refractivity (Wildman–Crippen MR) is 96.3 cm³/mol. The van der Waals surface area contributed by atoms with Crippen LogP contribution in [0.2, 0.25) is 0 Å². The first-order chi connectivity index (χ1) is 11.4. The molecule has 2 rings (SSSR count). The summed E-state index contributed by atoms with van der Waals surface area (Å²) in [6.45, 7) is 2.06. The summed E-state index contributed by atoms with van der Waals surface area (Å²) in [5.41, 5.74) is 1.96. The third kappa shape index (κ3) is 5.12. The van der Waals surface area contributed by atoms with E-state index >= 15 is 0 Å². The molecular formula is C17H20BrNO4S. The minimum atomic E-state index is -3.67. The SMILES string of the molecule is Cc1ccc([C@@H](CNS(=O)(=O)c2ccccc2Br)OCCO)cc1. The highest BCUT2D eigenvalue weighted by atomic mass is 79.9. The van der Waals surface area contributed by atoms with Crippen LogP contribution in [0.5, 0.6) is 0 Å². The number of nitrogens with one attached hydrogen (secondary N) is 1. The second-order valence-electron chi connectivity index (χ2n) is 5.28. The molecule has 0 aromatic heterocycles. The molecule has 0 fully saturated rings. The lowest BCUT2D eigenvalue weighted by Gasteiger charge is -2.19. The molecule has 2 N–H and O–H groups in total. The van der Waals surface area contributed by atoms with Gasteiger partial charge in [0.15, 0.2) is 0 Å². The average Bonchev–Trinajstić information content (AvgIpc) is 2.56. The number of hydrogen-bond acceptors (Lipinski definition) is 4. The normalized spacial score (nSPS) is 13.0. The van der Waals surface area contributed by atoms with E-state index in [1.54, 1.807) is 18.2 Å². The fourth-order valence-electron chi connectivity index (χ4n) is 2.17. The molecular weight excluding hydrogens is 394 g/mol. The van der Waals surface area contributed by atoms with E-state index in [4.69, 9.17) is 9.84 Å². The Balaban J connectivity index is 2.15. The third-order valence-electron chi connectivity index (χ3n) is 3.44. The molecule has 0 heterocycles. The number of sulfonamides is 1. The van der Waals surface area contributed by atoms with Gasteiger partial charge in [-0.3, -0.25) is 0 Å². The monoisotopic (exact) mass is 413 g/mol. The minimum absolute atomic E-state index is 0.0761. The van der Waals surface area contributed by atoms with Crippen LogP contribution in [0.1, 0.15) is 17.2 Å². The van der Waals surface area contributed by atoms with Crippen LogP contribution < -0.4 is 4.72 Å². The zero-order chi connectivity index (χ0) is 17.6. The molecule has 0 saturated heterocycles. The molecule has 130 valence electrons. The first-order valence-corrected chi connectivity index (χ1v) is 9.75. The van der Waals surface area contributed by atoms with E-state index < -0.39 is 16.1 Å². The second kappa shape index (κ2) is 8.73. The van der Waals surface area contributed by atoms with Crippen LogP contribution in [0, 0.1) is 6.92 Å². The van der Waals surface area contributed by atoms with Gasteiger partial charge in [0.1, 0.15) is 0 Å². The van der Waals surface area contributed by atoms with Crippen LogP contribution in [-0.4, -0.2) is 33.3 Å². The molecule has 0 aliphatic carbocycles. The summed E-state index contributed by atoms with van der Waals surface area (Å²) in [7, 11) is -3.67. The first-order valence-electron chi connectivity index (χ1n) is 7.47. The molecule has 2 aromatic rings. The number of rotatable bonds is 8. The summed E-state index contributed by atoms with van der Waals surface area (Å²) in [5, 5.41) is 8.98. The van der Waals surface area contributed by atoms with E-state index in [-0.39, 0.29) is 24.7 Å². The van der Waals surface area contributed by atoms with Crippen LogP contribution >= 0.6 is 15.9 Å². The number of benzene rings is 2. The highest BCUT2D eigenvalue weighted by Crippen LogP contribution is 2.22. The number of hydrogen-bond donors (Lipinski definition) is 2. The minimum Gasteiger partial charge on any atom is -0.394 e. The van der Waals surface area contributed by atoms with E-state index in [1.807, 2.05) is 31.2 Å². The van der Waals surface area contributed by atoms with Gasteiger partial charge in [0.05, 0.1) is 24.2 Å².